The third kappa shape index (κ3) is 3.40. The number of rotatable bonds is 4. The Labute approximate surface area is 133 Å². The van der Waals surface area contributed by atoms with Crippen molar-refractivity contribution in [3.8, 4) is 0 Å². The highest BCUT2D eigenvalue weighted by Crippen LogP contribution is 2.12. The minimum absolute atomic E-state index is 0.226. The summed E-state index contributed by atoms with van der Waals surface area (Å²) < 4.78 is 23.2. The van der Waals surface area contributed by atoms with E-state index in [1.807, 2.05) is 0 Å². The summed E-state index contributed by atoms with van der Waals surface area (Å²) in [5, 5.41) is 0. The molecule has 2 aliphatic rings. The Morgan fingerprint density at radius 2 is 1.09 bits per heavy atom. The first-order valence-corrected chi connectivity index (χ1v) is 8.45. The Kier molecular flexibility index (Phi) is 5.58. The summed E-state index contributed by atoms with van der Waals surface area (Å²) in [7, 11) is -0.451. The molecule has 2 aliphatic heterocycles. The van der Waals surface area contributed by atoms with E-state index in [2.05, 4.69) is 26.0 Å². The summed E-state index contributed by atoms with van der Waals surface area (Å²) in [6, 6.07) is 4.46. The lowest BCUT2D eigenvalue weighted by atomic mass is 9.67. The van der Waals surface area contributed by atoms with Crippen molar-refractivity contribution in [3.05, 3.63) is 23.3 Å². The molecule has 0 atom stereocenters. The normalized spacial score (nSPS) is 19.5. The molecule has 0 bridgehead atoms. The van der Waals surface area contributed by atoms with Crippen molar-refractivity contribution in [2.24, 2.45) is 0 Å². The molecule has 2 fully saturated rings. The maximum atomic E-state index is 5.81. The number of benzene rings is 1. The fraction of sp³-hybridized carbons (Fsp3) is 0.625. The summed E-state index contributed by atoms with van der Waals surface area (Å²) in [6.45, 7) is 7.41. The van der Waals surface area contributed by atoms with Crippen LogP contribution >= 0.6 is 0 Å². The quantitative estimate of drug-likeness (QED) is 0.780. The van der Waals surface area contributed by atoms with Gasteiger partial charge in [-0.25, -0.2) is 0 Å². The molecule has 0 spiro atoms. The molecule has 2 saturated heterocycles. The van der Waals surface area contributed by atoms with Crippen molar-refractivity contribution in [2.45, 2.75) is 39.5 Å². The van der Waals surface area contributed by atoms with E-state index in [9.17, 15) is 0 Å². The van der Waals surface area contributed by atoms with Crippen LogP contribution in [0.25, 0.3) is 0 Å². The second-order valence-corrected chi connectivity index (χ2v) is 5.81. The predicted octanol–water partition coefficient (Wildman–Crippen LogP) is 1.08. The average molecular weight is 302 g/mol. The van der Waals surface area contributed by atoms with E-state index >= 15 is 0 Å². The largest absolute Gasteiger partial charge is 0.494 e. The first-order valence-electron chi connectivity index (χ1n) is 8.45. The SMILES string of the molecule is CCc1cc(B2OCCCO2)c(CC)cc1B1OCCCO1. The molecule has 0 saturated carbocycles. The van der Waals surface area contributed by atoms with Gasteiger partial charge in [0, 0.05) is 26.4 Å². The molecule has 6 heteroatoms. The van der Waals surface area contributed by atoms with Gasteiger partial charge >= 0.3 is 14.2 Å². The van der Waals surface area contributed by atoms with Crippen LogP contribution in [0.3, 0.4) is 0 Å². The van der Waals surface area contributed by atoms with Crippen LogP contribution in [0, 0.1) is 0 Å². The predicted molar refractivity (Wildman–Crippen MR) is 89.0 cm³/mol. The summed E-state index contributed by atoms with van der Waals surface area (Å²) >= 11 is 0. The van der Waals surface area contributed by atoms with E-state index in [1.165, 1.54) is 22.1 Å². The Balaban J connectivity index is 1.94. The minimum atomic E-state index is -0.226. The molecule has 0 aliphatic carbocycles. The van der Waals surface area contributed by atoms with Crippen molar-refractivity contribution in [2.75, 3.05) is 26.4 Å². The lowest BCUT2D eigenvalue weighted by Gasteiger charge is -2.26. The summed E-state index contributed by atoms with van der Waals surface area (Å²) in [5.41, 5.74) is 4.85. The topological polar surface area (TPSA) is 36.9 Å². The molecule has 0 N–H and O–H groups in total. The van der Waals surface area contributed by atoms with E-state index in [0.29, 0.717) is 0 Å². The lowest BCUT2D eigenvalue weighted by molar-refractivity contribution is 0.142. The Bertz CT molecular complexity index is 451. The Morgan fingerprint density at radius 3 is 1.41 bits per heavy atom. The zero-order valence-corrected chi connectivity index (χ0v) is 13.6. The zero-order chi connectivity index (χ0) is 15.4. The number of hydrogen-bond donors (Lipinski definition) is 0. The maximum absolute atomic E-state index is 5.81. The highest BCUT2D eigenvalue weighted by Gasteiger charge is 2.31. The van der Waals surface area contributed by atoms with Crippen LogP contribution in [0.2, 0.25) is 0 Å². The molecule has 22 heavy (non-hydrogen) atoms. The van der Waals surface area contributed by atoms with E-state index in [1.54, 1.807) is 0 Å². The number of aryl methyl sites for hydroxylation is 2. The fourth-order valence-corrected chi connectivity index (χ4v) is 3.11. The first kappa shape index (κ1) is 16.1. The highest BCUT2D eigenvalue weighted by atomic mass is 16.6. The van der Waals surface area contributed by atoms with Gasteiger partial charge in [0.25, 0.3) is 0 Å². The van der Waals surface area contributed by atoms with Crippen LogP contribution in [0.4, 0.5) is 0 Å². The second kappa shape index (κ2) is 7.64. The molecule has 2 heterocycles. The smallest absolute Gasteiger partial charge is 0.407 e. The second-order valence-electron chi connectivity index (χ2n) is 5.81. The summed E-state index contributed by atoms with van der Waals surface area (Å²) in [4.78, 5) is 0. The van der Waals surface area contributed by atoms with Gasteiger partial charge in [-0.05, 0) is 47.7 Å². The maximum Gasteiger partial charge on any atom is 0.494 e. The molecule has 0 amide bonds. The molecule has 3 rings (SSSR count). The van der Waals surface area contributed by atoms with Gasteiger partial charge in [-0.3, -0.25) is 0 Å². The van der Waals surface area contributed by atoms with Gasteiger partial charge in [-0.15, -0.1) is 0 Å². The summed E-state index contributed by atoms with van der Waals surface area (Å²) in [6.07, 6.45) is 3.84. The third-order valence-corrected chi connectivity index (χ3v) is 4.32. The average Bonchev–Trinajstić information content (AvgIpc) is 2.62. The minimum Gasteiger partial charge on any atom is -0.407 e. The third-order valence-electron chi connectivity index (χ3n) is 4.32. The van der Waals surface area contributed by atoms with E-state index in [-0.39, 0.29) is 14.2 Å². The van der Waals surface area contributed by atoms with Crippen LogP contribution < -0.4 is 10.9 Å². The zero-order valence-electron chi connectivity index (χ0n) is 13.6. The van der Waals surface area contributed by atoms with Crippen molar-refractivity contribution < 1.29 is 18.6 Å². The summed E-state index contributed by atoms with van der Waals surface area (Å²) in [5.74, 6) is 0. The van der Waals surface area contributed by atoms with E-state index < -0.39 is 0 Å². The molecule has 1 aromatic rings. The van der Waals surface area contributed by atoms with Crippen LogP contribution in [0.15, 0.2) is 12.1 Å². The van der Waals surface area contributed by atoms with Crippen molar-refractivity contribution in [1.29, 1.82) is 0 Å². The Hall–Kier alpha value is -0.810. The molecule has 0 radical (unpaired) electrons. The van der Waals surface area contributed by atoms with Crippen LogP contribution in [0.5, 0.6) is 0 Å². The van der Waals surface area contributed by atoms with Crippen molar-refractivity contribution in [1.82, 2.24) is 0 Å². The van der Waals surface area contributed by atoms with Crippen LogP contribution in [-0.4, -0.2) is 40.7 Å². The number of hydrogen-bond acceptors (Lipinski definition) is 4. The molecule has 0 unspecified atom stereocenters. The van der Waals surface area contributed by atoms with E-state index in [0.717, 1.165) is 52.1 Å². The fourth-order valence-electron chi connectivity index (χ4n) is 3.11. The monoisotopic (exact) mass is 302 g/mol. The first-order chi connectivity index (χ1) is 10.8. The van der Waals surface area contributed by atoms with Crippen molar-refractivity contribution >= 4 is 25.2 Å². The Morgan fingerprint density at radius 1 is 0.727 bits per heavy atom. The van der Waals surface area contributed by atoms with Gasteiger partial charge in [-0.2, -0.15) is 0 Å². The standard InChI is InChI=1S/C16H24B2O4/c1-3-13-11-16(18-21-9-6-10-22-18)14(4-2)12-15(13)17-19-7-5-8-20-17/h11-12H,3-10H2,1-2H3. The molecular formula is C16H24B2O4. The molecule has 4 nitrogen and oxygen atoms in total. The highest BCUT2D eigenvalue weighted by molar-refractivity contribution is 6.64. The van der Waals surface area contributed by atoms with Gasteiger partial charge in [0.05, 0.1) is 0 Å². The van der Waals surface area contributed by atoms with Gasteiger partial charge in [-0.1, -0.05) is 26.0 Å². The molecule has 0 aromatic heterocycles. The van der Waals surface area contributed by atoms with Crippen LogP contribution in [0.1, 0.15) is 37.8 Å². The lowest BCUT2D eigenvalue weighted by Crippen LogP contribution is -2.47. The van der Waals surface area contributed by atoms with Crippen molar-refractivity contribution in [3.63, 3.8) is 0 Å². The van der Waals surface area contributed by atoms with Gasteiger partial charge < -0.3 is 18.6 Å². The molecular weight excluding hydrogens is 278 g/mol. The van der Waals surface area contributed by atoms with Gasteiger partial charge in [0.2, 0.25) is 0 Å². The van der Waals surface area contributed by atoms with Crippen LogP contribution in [-0.2, 0) is 31.5 Å². The van der Waals surface area contributed by atoms with Gasteiger partial charge in [0.1, 0.15) is 0 Å². The van der Waals surface area contributed by atoms with E-state index in [4.69, 9.17) is 18.6 Å². The molecule has 118 valence electrons. The molecule has 1 aromatic carbocycles. The van der Waals surface area contributed by atoms with Gasteiger partial charge in [0.15, 0.2) is 0 Å².